The van der Waals surface area contributed by atoms with Crippen LogP contribution < -0.4 is 10.0 Å². The summed E-state index contributed by atoms with van der Waals surface area (Å²) in [6.45, 7) is 2.58. The molecule has 5 nitrogen and oxygen atoms in total. The Bertz CT molecular complexity index is 618. The molecule has 6 heteroatoms. The van der Waals surface area contributed by atoms with Crippen molar-refractivity contribution in [1.29, 1.82) is 0 Å². The molecule has 0 aromatic heterocycles. The highest BCUT2D eigenvalue weighted by Gasteiger charge is 2.15. The first kappa shape index (κ1) is 17.2. The number of hydrogen-bond acceptors (Lipinski definition) is 3. The second kappa shape index (κ2) is 8.45. The molecule has 21 heavy (non-hydrogen) atoms. The fraction of sp³-hybridized carbons (Fsp3) is 0.400. The Labute approximate surface area is 126 Å². The molecular formula is C15H20N2O3S. The average molecular weight is 308 g/mol. The third-order valence-electron chi connectivity index (χ3n) is 2.84. The monoisotopic (exact) mass is 308 g/mol. The Morgan fingerprint density at radius 1 is 1.33 bits per heavy atom. The zero-order chi connectivity index (χ0) is 15.7. The lowest BCUT2D eigenvalue weighted by Gasteiger charge is -2.07. The van der Waals surface area contributed by atoms with Crippen LogP contribution >= 0.6 is 0 Å². The molecule has 114 valence electrons. The maximum absolute atomic E-state index is 11.9. The average Bonchev–Trinajstić information content (AvgIpc) is 2.49. The highest BCUT2D eigenvalue weighted by atomic mass is 32.2. The van der Waals surface area contributed by atoms with E-state index in [0.29, 0.717) is 12.1 Å². The summed E-state index contributed by atoms with van der Waals surface area (Å²) in [7, 11) is -3.68. The molecule has 0 radical (unpaired) electrons. The summed E-state index contributed by atoms with van der Waals surface area (Å²) in [4.78, 5) is 12.0. The van der Waals surface area contributed by atoms with Crippen molar-refractivity contribution in [2.45, 2.75) is 31.1 Å². The Balaban J connectivity index is 2.76. The molecule has 0 aliphatic carbocycles. The first-order chi connectivity index (χ1) is 10.0. The molecule has 2 N–H and O–H groups in total. The lowest BCUT2D eigenvalue weighted by atomic mass is 10.2. The highest BCUT2D eigenvalue weighted by molar-refractivity contribution is 7.89. The van der Waals surface area contributed by atoms with Crippen molar-refractivity contribution in [3.05, 3.63) is 29.8 Å². The van der Waals surface area contributed by atoms with E-state index >= 15 is 0 Å². The van der Waals surface area contributed by atoms with Gasteiger partial charge in [0.2, 0.25) is 10.0 Å². The summed E-state index contributed by atoms with van der Waals surface area (Å²) in [5, 5.41) is 2.77. The van der Waals surface area contributed by atoms with Crippen LogP contribution in [0.5, 0.6) is 0 Å². The van der Waals surface area contributed by atoms with Crippen LogP contribution in [0.1, 0.15) is 36.5 Å². The van der Waals surface area contributed by atoms with E-state index in [9.17, 15) is 13.2 Å². The Hall–Kier alpha value is -1.84. The molecule has 0 saturated heterocycles. The van der Waals surface area contributed by atoms with Crippen LogP contribution in [-0.4, -0.2) is 27.4 Å². The normalized spacial score (nSPS) is 10.9. The van der Waals surface area contributed by atoms with Gasteiger partial charge in [0, 0.05) is 12.1 Å². The smallest absolute Gasteiger partial charge is 0.251 e. The molecule has 1 rings (SSSR count). The first-order valence-electron chi connectivity index (χ1n) is 6.82. The summed E-state index contributed by atoms with van der Waals surface area (Å²) in [6.07, 6.45) is 8.06. The van der Waals surface area contributed by atoms with E-state index in [1.165, 1.54) is 18.2 Å². The van der Waals surface area contributed by atoms with Gasteiger partial charge in [0.05, 0.1) is 11.4 Å². The SMILES string of the molecule is C#CCNS(=O)(=O)c1cccc(C(=O)NCCCCC)c1. The Morgan fingerprint density at radius 3 is 2.76 bits per heavy atom. The lowest BCUT2D eigenvalue weighted by molar-refractivity contribution is 0.0952. The number of terminal acetylenes is 1. The fourth-order valence-corrected chi connectivity index (χ4v) is 2.68. The minimum absolute atomic E-state index is 0.0268. The largest absolute Gasteiger partial charge is 0.352 e. The molecule has 1 aromatic rings. The van der Waals surface area contributed by atoms with E-state index < -0.39 is 10.0 Å². The topological polar surface area (TPSA) is 75.3 Å². The van der Waals surface area contributed by atoms with E-state index in [1.54, 1.807) is 6.07 Å². The summed E-state index contributed by atoms with van der Waals surface area (Å²) >= 11 is 0. The molecule has 0 unspecified atom stereocenters. The zero-order valence-electron chi connectivity index (χ0n) is 12.1. The summed E-state index contributed by atoms with van der Waals surface area (Å²) in [6, 6.07) is 5.88. The molecule has 0 bridgehead atoms. The maximum Gasteiger partial charge on any atom is 0.251 e. The van der Waals surface area contributed by atoms with Gasteiger partial charge < -0.3 is 5.32 Å². The molecule has 0 aliphatic rings. The number of sulfonamides is 1. The molecule has 0 heterocycles. The number of nitrogens with one attached hydrogen (secondary N) is 2. The molecule has 0 fully saturated rings. The Kier molecular flexibility index (Phi) is 6.92. The highest BCUT2D eigenvalue weighted by Crippen LogP contribution is 2.11. The number of hydrogen-bond donors (Lipinski definition) is 2. The zero-order valence-corrected chi connectivity index (χ0v) is 12.9. The lowest BCUT2D eigenvalue weighted by Crippen LogP contribution is -2.26. The van der Waals surface area contributed by atoms with Crippen LogP contribution in [0.3, 0.4) is 0 Å². The number of carbonyl (C=O) groups excluding carboxylic acids is 1. The van der Waals surface area contributed by atoms with Crippen molar-refractivity contribution < 1.29 is 13.2 Å². The number of rotatable bonds is 8. The third kappa shape index (κ3) is 5.58. The van der Waals surface area contributed by atoms with Crippen LogP contribution in [0, 0.1) is 12.3 Å². The van der Waals surface area contributed by atoms with E-state index in [-0.39, 0.29) is 17.3 Å². The summed E-state index contributed by atoms with van der Waals surface area (Å²) in [5.74, 6) is 1.92. The predicted octanol–water partition coefficient (Wildman–Crippen LogP) is 1.52. The summed E-state index contributed by atoms with van der Waals surface area (Å²) in [5.41, 5.74) is 0.315. The number of carbonyl (C=O) groups is 1. The van der Waals surface area contributed by atoms with Gasteiger partial charge >= 0.3 is 0 Å². The first-order valence-corrected chi connectivity index (χ1v) is 8.31. The number of amides is 1. The molecule has 0 saturated carbocycles. The van der Waals surface area contributed by atoms with Crippen molar-refractivity contribution >= 4 is 15.9 Å². The van der Waals surface area contributed by atoms with Crippen LogP contribution in [0.25, 0.3) is 0 Å². The number of unbranched alkanes of at least 4 members (excludes halogenated alkanes) is 2. The van der Waals surface area contributed by atoms with Gasteiger partial charge in [-0.3, -0.25) is 4.79 Å². The quantitative estimate of drug-likeness (QED) is 0.565. The van der Waals surface area contributed by atoms with E-state index in [4.69, 9.17) is 6.42 Å². The van der Waals surface area contributed by atoms with Gasteiger partial charge in [-0.15, -0.1) is 6.42 Å². The third-order valence-corrected chi connectivity index (χ3v) is 4.24. The van der Waals surface area contributed by atoms with Gasteiger partial charge in [-0.2, -0.15) is 4.72 Å². The molecule has 0 atom stereocenters. The van der Waals surface area contributed by atoms with Gasteiger partial charge in [0.15, 0.2) is 0 Å². The van der Waals surface area contributed by atoms with E-state index in [0.717, 1.165) is 19.3 Å². The predicted molar refractivity (Wildman–Crippen MR) is 82.3 cm³/mol. The van der Waals surface area contributed by atoms with Gasteiger partial charge in [0.1, 0.15) is 0 Å². The van der Waals surface area contributed by atoms with E-state index in [1.807, 2.05) is 0 Å². The second-order valence-electron chi connectivity index (χ2n) is 4.52. The van der Waals surface area contributed by atoms with Crippen molar-refractivity contribution in [2.75, 3.05) is 13.1 Å². The van der Waals surface area contributed by atoms with Crippen molar-refractivity contribution in [3.63, 3.8) is 0 Å². The maximum atomic E-state index is 11.9. The van der Waals surface area contributed by atoms with E-state index in [2.05, 4.69) is 22.9 Å². The Morgan fingerprint density at radius 2 is 2.10 bits per heavy atom. The second-order valence-corrected chi connectivity index (χ2v) is 6.29. The van der Waals surface area contributed by atoms with Crippen molar-refractivity contribution in [1.82, 2.24) is 10.0 Å². The number of benzene rings is 1. The molecule has 0 aliphatic heterocycles. The molecule has 0 spiro atoms. The minimum atomic E-state index is -3.68. The molecular weight excluding hydrogens is 288 g/mol. The minimum Gasteiger partial charge on any atom is -0.352 e. The van der Waals surface area contributed by atoms with Crippen LogP contribution in [-0.2, 0) is 10.0 Å². The molecule has 1 amide bonds. The van der Waals surface area contributed by atoms with Gasteiger partial charge in [0.25, 0.3) is 5.91 Å². The summed E-state index contributed by atoms with van der Waals surface area (Å²) < 4.78 is 26.1. The molecule has 1 aromatic carbocycles. The van der Waals surface area contributed by atoms with Gasteiger partial charge in [-0.1, -0.05) is 31.8 Å². The van der Waals surface area contributed by atoms with Crippen molar-refractivity contribution in [2.24, 2.45) is 0 Å². The van der Waals surface area contributed by atoms with Crippen LogP contribution in [0.4, 0.5) is 0 Å². The van der Waals surface area contributed by atoms with Crippen LogP contribution in [0.15, 0.2) is 29.2 Å². The van der Waals surface area contributed by atoms with Crippen molar-refractivity contribution in [3.8, 4) is 12.3 Å². The fourth-order valence-electron chi connectivity index (χ4n) is 1.70. The standard InChI is InChI=1S/C15H20N2O3S/c1-3-5-6-11-16-15(18)13-8-7-9-14(12-13)21(19,20)17-10-4-2/h2,7-9,12,17H,3,5-6,10-11H2,1H3,(H,16,18). The van der Waals surface area contributed by atoms with Gasteiger partial charge in [-0.05, 0) is 24.6 Å². The van der Waals surface area contributed by atoms with Gasteiger partial charge in [-0.25, -0.2) is 8.42 Å². The van der Waals surface area contributed by atoms with Crippen LogP contribution in [0.2, 0.25) is 0 Å².